The number of carbonyl (C=O) groups is 2. The van der Waals surface area contributed by atoms with Crippen LogP contribution < -0.4 is 20.3 Å². The second-order valence-electron chi connectivity index (χ2n) is 7.62. The summed E-state index contributed by atoms with van der Waals surface area (Å²) < 4.78 is 5.60. The number of hydrogen-bond donors (Lipinski definition) is 2. The Morgan fingerprint density at radius 3 is 1.75 bits per heavy atom. The normalized spacial score (nSPS) is 14.3. The van der Waals surface area contributed by atoms with Crippen LogP contribution in [0.5, 0.6) is 5.75 Å². The molecule has 1 saturated carbocycles. The molecule has 6 heteroatoms. The van der Waals surface area contributed by atoms with Gasteiger partial charge in [0.2, 0.25) is 11.8 Å². The van der Waals surface area contributed by atoms with E-state index in [9.17, 15) is 9.59 Å². The van der Waals surface area contributed by atoms with E-state index in [0.717, 1.165) is 11.4 Å². The van der Waals surface area contributed by atoms with E-state index in [2.05, 4.69) is 10.6 Å². The highest BCUT2D eigenvalue weighted by molar-refractivity contribution is 6.16. The van der Waals surface area contributed by atoms with E-state index in [1.807, 2.05) is 69.2 Å². The Kier molecular flexibility index (Phi) is 5.58. The lowest BCUT2D eigenvalue weighted by Crippen LogP contribution is -2.35. The molecular weight excluding hydrogens is 354 g/mol. The summed E-state index contributed by atoms with van der Waals surface area (Å²) in [5, 5.41) is 5.72. The van der Waals surface area contributed by atoms with Gasteiger partial charge in [-0.15, -0.1) is 0 Å². The number of rotatable bonds is 7. The lowest BCUT2D eigenvalue weighted by atomic mass is 10.0. The van der Waals surface area contributed by atoms with E-state index in [1.165, 1.54) is 0 Å². The molecule has 0 saturated heterocycles. The standard InChI is InChI=1S/C22H27N3O3/c1-15(2)28-19-11-7-17(8-12-19)24-21(27)22(13-14-22)20(26)23-16-5-9-18(10-6-16)25(3)4/h5-12,15H,13-14H2,1-4H3,(H,23,26)(H,24,27). The predicted molar refractivity (Wildman–Crippen MR) is 112 cm³/mol. The van der Waals surface area contributed by atoms with Crippen molar-refractivity contribution >= 4 is 28.9 Å². The van der Waals surface area contributed by atoms with E-state index in [1.54, 1.807) is 12.1 Å². The summed E-state index contributed by atoms with van der Waals surface area (Å²) in [5.74, 6) is 0.211. The van der Waals surface area contributed by atoms with Gasteiger partial charge in [-0.25, -0.2) is 0 Å². The van der Waals surface area contributed by atoms with Crippen molar-refractivity contribution in [1.82, 2.24) is 0 Å². The van der Waals surface area contributed by atoms with Gasteiger partial charge in [-0.1, -0.05) is 0 Å². The number of ether oxygens (including phenoxy) is 1. The Morgan fingerprint density at radius 1 is 0.893 bits per heavy atom. The SMILES string of the molecule is CC(C)Oc1ccc(NC(=O)C2(C(=O)Nc3ccc(N(C)C)cc3)CC2)cc1. The Labute approximate surface area is 165 Å². The molecule has 0 unspecified atom stereocenters. The smallest absolute Gasteiger partial charge is 0.240 e. The molecule has 2 N–H and O–H groups in total. The van der Waals surface area contributed by atoms with Gasteiger partial charge in [0, 0.05) is 31.2 Å². The largest absolute Gasteiger partial charge is 0.491 e. The van der Waals surface area contributed by atoms with Gasteiger partial charge in [0.25, 0.3) is 0 Å². The monoisotopic (exact) mass is 381 g/mol. The third kappa shape index (κ3) is 4.44. The molecule has 148 valence electrons. The third-order valence-corrected chi connectivity index (χ3v) is 4.74. The van der Waals surface area contributed by atoms with Crippen molar-refractivity contribution in [2.75, 3.05) is 29.6 Å². The fraction of sp³-hybridized carbons (Fsp3) is 0.364. The molecule has 3 rings (SSSR count). The minimum atomic E-state index is -0.993. The molecule has 2 amide bonds. The van der Waals surface area contributed by atoms with Crippen LogP contribution in [0.15, 0.2) is 48.5 Å². The van der Waals surface area contributed by atoms with Crippen LogP contribution in [0.4, 0.5) is 17.1 Å². The molecule has 2 aromatic rings. The van der Waals surface area contributed by atoms with E-state index >= 15 is 0 Å². The molecule has 2 aromatic carbocycles. The lowest BCUT2D eigenvalue weighted by Gasteiger charge is -2.17. The molecule has 1 fully saturated rings. The second-order valence-corrected chi connectivity index (χ2v) is 7.62. The van der Waals surface area contributed by atoms with Crippen LogP contribution in [-0.4, -0.2) is 32.0 Å². The maximum atomic E-state index is 12.7. The number of amides is 2. The first-order valence-corrected chi connectivity index (χ1v) is 9.47. The topological polar surface area (TPSA) is 70.7 Å². The van der Waals surface area contributed by atoms with Gasteiger partial charge in [0.1, 0.15) is 11.2 Å². The van der Waals surface area contributed by atoms with Gasteiger partial charge in [-0.05, 0) is 75.2 Å². The minimum Gasteiger partial charge on any atom is -0.491 e. The lowest BCUT2D eigenvalue weighted by molar-refractivity contribution is -0.131. The molecule has 0 spiro atoms. The molecule has 0 aliphatic heterocycles. The van der Waals surface area contributed by atoms with Crippen molar-refractivity contribution < 1.29 is 14.3 Å². The highest BCUT2D eigenvalue weighted by atomic mass is 16.5. The van der Waals surface area contributed by atoms with Crippen LogP contribution in [0.3, 0.4) is 0 Å². The maximum absolute atomic E-state index is 12.7. The zero-order valence-corrected chi connectivity index (χ0v) is 16.8. The Hall–Kier alpha value is -3.02. The van der Waals surface area contributed by atoms with Gasteiger partial charge in [-0.3, -0.25) is 9.59 Å². The van der Waals surface area contributed by atoms with Gasteiger partial charge in [0.05, 0.1) is 6.10 Å². The van der Waals surface area contributed by atoms with E-state index < -0.39 is 5.41 Å². The highest BCUT2D eigenvalue weighted by Crippen LogP contribution is 2.47. The first-order chi connectivity index (χ1) is 13.3. The molecule has 0 bridgehead atoms. The van der Waals surface area contributed by atoms with E-state index in [0.29, 0.717) is 24.2 Å². The molecule has 1 aliphatic rings. The van der Waals surface area contributed by atoms with Crippen LogP contribution in [0, 0.1) is 5.41 Å². The van der Waals surface area contributed by atoms with Crippen molar-refractivity contribution in [2.45, 2.75) is 32.8 Å². The highest BCUT2D eigenvalue weighted by Gasteiger charge is 2.56. The fourth-order valence-corrected chi connectivity index (χ4v) is 2.92. The summed E-state index contributed by atoms with van der Waals surface area (Å²) in [6, 6.07) is 14.7. The summed E-state index contributed by atoms with van der Waals surface area (Å²) in [7, 11) is 3.91. The summed E-state index contributed by atoms with van der Waals surface area (Å²) >= 11 is 0. The minimum absolute atomic E-state index is 0.0886. The summed E-state index contributed by atoms with van der Waals surface area (Å²) in [5.41, 5.74) is 1.38. The van der Waals surface area contributed by atoms with Crippen LogP contribution in [0.25, 0.3) is 0 Å². The first-order valence-electron chi connectivity index (χ1n) is 9.47. The van der Waals surface area contributed by atoms with Gasteiger partial charge in [-0.2, -0.15) is 0 Å². The Morgan fingerprint density at radius 2 is 1.36 bits per heavy atom. The van der Waals surface area contributed by atoms with Gasteiger partial charge in [0.15, 0.2) is 0 Å². The van der Waals surface area contributed by atoms with Crippen molar-refractivity contribution in [3.8, 4) is 5.75 Å². The molecule has 6 nitrogen and oxygen atoms in total. The summed E-state index contributed by atoms with van der Waals surface area (Å²) in [6.45, 7) is 3.92. The number of anilines is 3. The zero-order valence-electron chi connectivity index (χ0n) is 16.8. The number of carbonyl (C=O) groups excluding carboxylic acids is 2. The average Bonchev–Trinajstić information content (AvgIpc) is 3.45. The molecule has 0 radical (unpaired) electrons. The molecule has 0 heterocycles. The second kappa shape index (κ2) is 7.92. The number of nitrogens with one attached hydrogen (secondary N) is 2. The van der Waals surface area contributed by atoms with Crippen molar-refractivity contribution in [1.29, 1.82) is 0 Å². The number of nitrogens with zero attached hydrogens (tertiary/aromatic N) is 1. The molecule has 1 aliphatic carbocycles. The van der Waals surface area contributed by atoms with Crippen LogP contribution in [-0.2, 0) is 9.59 Å². The zero-order chi connectivity index (χ0) is 20.3. The molecular formula is C22H27N3O3. The molecule has 28 heavy (non-hydrogen) atoms. The molecule has 0 aromatic heterocycles. The maximum Gasteiger partial charge on any atom is 0.240 e. The Bertz CT molecular complexity index is 838. The van der Waals surface area contributed by atoms with Crippen LogP contribution >= 0.6 is 0 Å². The number of hydrogen-bond acceptors (Lipinski definition) is 4. The van der Waals surface area contributed by atoms with Crippen molar-refractivity contribution in [3.05, 3.63) is 48.5 Å². The van der Waals surface area contributed by atoms with Crippen molar-refractivity contribution in [2.24, 2.45) is 5.41 Å². The first kappa shape index (κ1) is 19.7. The predicted octanol–water partition coefficient (Wildman–Crippen LogP) is 3.90. The molecule has 0 atom stereocenters. The fourth-order valence-electron chi connectivity index (χ4n) is 2.92. The summed E-state index contributed by atoms with van der Waals surface area (Å²) in [6.07, 6.45) is 1.19. The van der Waals surface area contributed by atoms with E-state index in [4.69, 9.17) is 4.74 Å². The quantitative estimate of drug-likeness (QED) is 0.714. The van der Waals surface area contributed by atoms with Crippen LogP contribution in [0.2, 0.25) is 0 Å². The van der Waals surface area contributed by atoms with Gasteiger partial charge < -0.3 is 20.3 Å². The Balaban J connectivity index is 1.62. The van der Waals surface area contributed by atoms with Crippen molar-refractivity contribution in [3.63, 3.8) is 0 Å². The average molecular weight is 381 g/mol. The summed E-state index contributed by atoms with van der Waals surface area (Å²) in [4.78, 5) is 27.4. The third-order valence-electron chi connectivity index (χ3n) is 4.74. The van der Waals surface area contributed by atoms with Gasteiger partial charge >= 0.3 is 0 Å². The van der Waals surface area contributed by atoms with Crippen LogP contribution in [0.1, 0.15) is 26.7 Å². The van der Waals surface area contributed by atoms with E-state index in [-0.39, 0.29) is 17.9 Å². The number of benzene rings is 2.